The number of carbonyl (C=O) groups excluding carboxylic acids is 1. The van der Waals surface area contributed by atoms with E-state index in [9.17, 15) is 4.79 Å². The molecular weight excluding hydrogens is 387 g/mol. The fourth-order valence-corrected chi connectivity index (χ4v) is 2.36. The maximum absolute atomic E-state index is 12.1. The normalized spacial score (nSPS) is 10.9. The summed E-state index contributed by atoms with van der Waals surface area (Å²) in [6.45, 7) is 2.69. The summed E-state index contributed by atoms with van der Waals surface area (Å²) in [6.07, 6.45) is 2.40. The van der Waals surface area contributed by atoms with Gasteiger partial charge >= 0.3 is 0 Å². The molecule has 2 aromatic rings. The first kappa shape index (κ1) is 19.3. The van der Waals surface area contributed by atoms with Crippen LogP contribution in [0.4, 0.5) is 5.69 Å². The van der Waals surface area contributed by atoms with Crippen LogP contribution in [0, 0.1) is 0 Å². The van der Waals surface area contributed by atoms with Crippen molar-refractivity contribution in [2.45, 2.75) is 13.3 Å². The smallest absolute Gasteiger partial charge is 0.291 e. The summed E-state index contributed by atoms with van der Waals surface area (Å²) >= 11 is 17.6. The summed E-state index contributed by atoms with van der Waals surface area (Å²) in [5.74, 6) is 0.111. The van der Waals surface area contributed by atoms with Crippen molar-refractivity contribution in [3.05, 3.63) is 50.7 Å². The summed E-state index contributed by atoms with van der Waals surface area (Å²) in [5, 5.41) is 3.65. The summed E-state index contributed by atoms with van der Waals surface area (Å²) < 4.78 is 5.48. The molecule has 132 valence electrons. The van der Waals surface area contributed by atoms with E-state index in [1.807, 2.05) is 31.2 Å². The SMILES string of the molecule is CCCOc1ccc(/C=N/NC(=O)c2nc(Cl)c(Cl)c(N)c2Cl)cc1. The lowest BCUT2D eigenvalue weighted by Crippen LogP contribution is -2.20. The summed E-state index contributed by atoms with van der Waals surface area (Å²) in [5.41, 5.74) is 8.58. The summed E-state index contributed by atoms with van der Waals surface area (Å²) in [6, 6.07) is 7.25. The average molecular weight is 402 g/mol. The zero-order chi connectivity index (χ0) is 18.4. The van der Waals surface area contributed by atoms with Crippen LogP contribution in [0.15, 0.2) is 29.4 Å². The number of benzene rings is 1. The third kappa shape index (κ3) is 4.98. The van der Waals surface area contributed by atoms with E-state index in [2.05, 4.69) is 15.5 Å². The predicted octanol–water partition coefficient (Wildman–Crippen LogP) is 4.18. The van der Waals surface area contributed by atoms with E-state index in [0.29, 0.717) is 6.61 Å². The van der Waals surface area contributed by atoms with Gasteiger partial charge in [-0.3, -0.25) is 4.79 Å². The molecule has 0 aliphatic rings. The highest BCUT2D eigenvalue weighted by atomic mass is 35.5. The van der Waals surface area contributed by atoms with Gasteiger partial charge in [0.1, 0.15) is 10.8 Å². The van der Waals surface area contributed by atoms with Crippen molar-refractivity contribution in [3.63, 3.8) is 0 Å². The maximum atomic E-state index is 12.1. The number of nitrogen functional groups attached to an aromatic ring is 1. The molecule has 0 saturated heterocycles. The Hall–Kier alpha value is -2.02. The van der Waals surface area contributed by atoms with Gasteiger partial charge in [-0.05, 0) is 36.2 Å². The molecule has 6 nitrogen and oxygen atoms in total. The third-order valence-electron chi connectivity index (χ3n) is 3.02. The lowest BCUT2D eigenvalue weighted by molar-refractivity contribution is 0.0950. The van der Waals surface area contributed by atoms with E-state index in [-0.39, 0.29) is 26.6 Å². The van der Waals surface area contributed by atoms with Gasteiger partial charge in [-0.15, -0.1) is 0 Å². The van der Waals surface area contributed by atoms with Gasteiger partial charge in [0.05, 0.1) is 23.5 Å². The zero-order valence-electron chi connectivity index (χ0n) is 13.2. The van der Waals surface area contributed by atoms with E-state index < -0.39 is 5.91 Å². The Labute approximate surface area is 159 Å². The molecule has 1 amide bonds. The number of nitrogens with two attached hydrogens (primary N) is 1. The van der Waals surface area contributed by atoms with Crippen LogP contribution in [-0.4, -0.2) is 23.7 Å². The topological polar surface area (TPSA) is 89.6 Å². The molecule has 0 spiro atoms. The van der Waals surface area contributed by atoms with Crippen LogP contribution in [0.5, 0.6) is 5.75 Å². The third-order valence-corrected chi connectivity index (χ3v) is 4.16. The number of hydrazone groups is 1. The molecule has 0 fully saturated rings. The molecule has 0 unspecified atom stereocenters. The minimum absolute atomic E-state index is 0.00269. The number of carbonyl (C=O) groups is 1. The van der Waals surface area contributed by atoms with Crippen molar-refractivity contribution < 1.29 is 9.53 Å². The molecule has 0 aliphatic heterocycles. The molecule has 0 saturated carbocycles. The Morgan fingerprint density at radius 2 is 1.96 bits per heavy atom. The highest BCUT2D eigenvalue weighted by Gasteiger charge is 2.19. The van der Waals surface area contributed by atoms with Crippen LogP contribution >= 0.6 is 34.8 Å². The second-order valence-electron chi connectivity index (χ2n) is 4.91. The van der Waals surface area contributed by atoms with E-state index in [0.717, 1.165) is 17.7 Å². The van der Waals surface area contributed by atoms with Crippen LogP contribution in [0.1, 0.15) is 29.4 Å². The van der Waals surface area contributed by atoms with Crippen molar-refractivity contribution in [3.8, 4) is 5.75 Å². The van der Waals surface area contributed by atoms with Gasteiger partial charge in [-0.1, -0.05) is 41.7 Å². The highest BCUT2D eigenvalue weighted by molar-refractivity contribution is 6.46. The van der Waals surface area contributed by atoms with Crippen LogP contribution in [0.2, 0.25) is 15.2 Å². The number of ether oxygens (including phenoxy) is 1. The van der Waals surface area contributed by atoms with Crippen LogP contribution in [0.3, 0.4) is 0 Å². The average Bonchev–Trinajstić information content (AvgIpc) is 2.62. The maximum Gasteiger partial charge on any atom is 0.291 e. The van der Waals surface area contributed by atoms with Gasteiger partial charge in [0, 0.05) is 0 Å². The van der Waals surface area contributed by atoms with E-state index in [1.54, 1.807) is 0 Å². The standard InChI is InChI=1S/C16H15Cl3N4O2/c1-2-7-25-10-5-3-9(4-6-10)8-21-23-16(24)14-11(17)13(20)12(18)15(19)22-14/h3-6,8H,2,7H2,1H3,(H2,20,22)(H,23,24)/b21-8+. The Morgan fingerprint density at radius 3 is 2.60 bits per heavy atom. The van der Waals surface area contributed by atoms with Crippen molar-refractivity contribution >= 4 is 52.6 Å². The monoisotopic (exact) mass is 400 g/mol. The van der Waals surface area contributed by atoms with Crippen LogP contribution in [-0.2, 0) is 0 Å². The first-order valence-electron chi connectivity index (χ1n) is 7.30. The summed E-state index contributed by atoms with van der Waals surface area (Å²) in [7, 11) is 0. The van der Waals surface area contributed by atoms with Gasteiger partial charge in [0.2, 0.25) is 0 Å². The van der Waals surface area contributed by atoms with E-state index in [1.165, 1.54) is 6.21 Å². The molecule has 0 aliphatic carbocycles. The Balaban J connectivity index is 2.03. The van der Waals surface area contributed by atoms with E-state index >= 15 is 0 Å². The second-order valence-corrected chi connectivity index (χ2v) is 6.02. The lowest BCUT2D eigenvalue weighted by Gasteiger charge is -2.07. The van der Waals surface area contributed by atoms with Gasteiger partial charge < -0.3 is 10.5 Å². The molecule has 1 aromatic carbocycles. The van der Waals surface area contributed by atoms with Gasteiger partial charge in [0.15, 0.2) is 10.8 Å². The summed E-state index contributed by atoms with van der Waals surface area (Å²) in [4.78, 5) is 15.9. The number of amides is 1. The Bertz CT molecular complexity index is 795. The Morgan fingerprint density at radius 1 is 1.28 bits per heavy atom. The molecular formula is C16H15Cl3N4O2. The number of hydrogen-bond donors (Lipinski definition) is 2. The number of halogens is 3. The van der Waals surface area contributed by atoms with Crippen molar-refractivity contribution in [1.82, 2.24) is 10.4 Å². The quantitative estimate of drug-likeness (QED) is 0.432. The fourth-order valence-electron chi connectivity index (χ4n) is 1.77. The molecule has 2 rings (SSSR count). The molecule has 3 N–H and O–H groups in total. The largest absolute Gasteiger partial charge is 0.494 e. The predicted molar refractivity (Wildman–Crippen MR) is 101 cm³/mol. The van der Waals surface area contributed by atoms with Crippen molar-refractivity contribution in [1.29, 1.82) is 0 Å². The Kier molecular flexibility index (Phi) is 6.87. The minimum atomic E-state index is -0.658. The number of nitrogens with one attached hydrogen (secondary N) is 1. The minimum Gasteiger partial charge on any atom is -0.494 e. The first-order chi connectivity index (χ1) is 11.9. The van der Waals surface area contributed by atoms with Crippen molar-refractivity contribution in [2.75, 3.05) is 12.3 Å². The molecule has 9 heteroatoms. The highest BCUT2D eigenvalue weighted by Crippen LogP contribution is 2.34. The number of pyridine rings is 1. The van der Waals surface area contributed by atoms with Gasteiger partial charge in [-0.2, -0.15) is 5.10 Å². The number of anilines is 1. The number of hydrogen-bond acceptors (Lipinski definition) is 5. The second kappa shape index (κ2) is 8.89. The number of aromatic nitrogens is 1. The fraction of sp³-hybridized carbons (Fsp3) is 0.188. The van der Waals surface area contributed by atoms with Crippen LogP contribution in [0.25, 0.3) is 0 Å². The zero-order valence-corrected chi connectivity index (χ0v) is 15.5. The number of rotatable bonds is 6. The van der Waals surface area contributed by atoms with Gasteiger partial charge in [0.25, 0.3) is 5.91 Å². The molecule has 0 bridgehead atoms. The molecule has 25 heavy (non-hydrogen) atoms. The lowest BCUT2D eigenvalue weighted by atomic mass is 10.2. The van der Waals surface area contributed by atoms with Crippen LogP contribution < -0.4 is 15.9 Å². The van der Waals surface area contributed by atoms with Gasteiger partial charge in [-0.25, -0.2) is 10.4 Å². The van der Waals surface area contributed by atoms with E-state index in [4.69, 9.17) is 45.3 Å². The number of nitrogens with zero attached hydrogens (tertiary/aromatic N) is 2. The molecule has 0 atom stereocenters. The molecule has 1 aromatic heterocycles. The molecule has 0 radical (unpaired) electrons. The molecule has 1 heterocycles. The first-order valence-corrected chi connectivity index (χ1v) is 8.43. The van der Waals surface area contributed by atoms with Crippen molar-refractivity contribution in [2.24, 2.45) is 5.10 Å².